The number of pyridine rings is 1. The first-order valence-corrected chi connectivity index (χ1v) is 5.84. The molecule has 19 heavy (non-hydrogen) atoms. The van der Waals surface area contributed by atoms with Crippen LogP contribution in [-0.2, 0) is 0 Å². The van der Waals surface area contributed by atoms with Crippen molar-refractivity contribution in [3.05, 3.63) is 47.1 Å². The first-order valence-electron chi connectivity index (χ1n) is 5.46. The number of carbonyl (C=O) groups is 1. The molecule has 0 aliphatic heterocycles. The summed E-state index contributed by atoms with van der Waals surface area (Å²) in [6.07, 6.45) is 1.50. The van der Waals surface area contributed by atoms with Gasteiger partial charge in [-0.15, -0.1) is 0 Å². The Bertz CT molecular complexity index is 599. The molecular weight excluding hydrogens is 266 g/mol. The van der Waals surface area contributed by atoms with Gasteiger partial charge in [0.2, 0.25) is 5.88 Å². The number of halogens is 1. The monoisotopic (exact) mass is 277 g/mol. The molecule has 3 N–H and O–H groups in total. The summed E-state index contributed by atoms with van der Waals surface area (Å²) < 4.78 is 4.93. The zero-order valence-electron chi connectivity index (χ0n) is 10.2. The van der Waals surface area contributed by atoms with Crippen LogP contribution in [0, 0.1) is 0 Å². The molecule has 0 aliphatic rings. The summed E-state index contributed by atoms with van der Waals surface area (Å²) in [6, 6.07) is 8.07. The lowest BCUT2D eigenvalue weighted by Gasteiger charge is -2.07. The van der Waals surface area contributed by atoms with Crippen molar-refractivity contribution in [3.8, 4) is 5.88 Å². The van der Waals surface area contributed by atoms with E-state index in [2.05, 4.69) is 10.3 Å². The SMILES string of the molecule is COc1ccc(NC(=O)c2cc(N)ccc2Cl)cn1. The van der Waals surface area contributed by atoms with Crippen molar-refractivity contribution in [1.82, 2.24) is 4.98 Å². The Labute approximate surface area is 115 Å². The number of benzene rings is 1. The summed E-state index contributed by atoms with van der Waals surface area (Å²) in [4.78, 5) is 16.0. The number of methoxy groups -OCH3 is 1. The highest BCUT2D eigenvalue weighted by Crippen LogP contribution is 2.20. The second-order valence-electron chi connectivity index (χ2n) is 3.78. The lowest BCUT2D eigenvalue weighted by molar-refractivity contribution is 0.102. The zero-order valence-corrected chi connectivity index (χ0v) is 10.9. The van der Waals surface area contributed by atoms with Gasteiger partial charge in [-0.05, 0) is 24.3 Å². The molecule has 2 rings (SSSR count). The molecule has 0 atom stereocenters. The quantitative estimate of drug-likeness (QED) is 0.846. The fourth-order valence-electron chi connectivity index (χ4n) is 1.49. The van der Waals surface area contributed by atoms with Crippen LogP contribution in [0.3, 0.4) is 0 Å². The summed E-state index contributed by atoms with van der Waals surface area (Å²) >= 11 is 5.95. The molecule has 1 aromatic carbocycles. The second kappa shape index (κ2) is 5.58. The fraction of sp³-hybridized carbons (Fsp3) is 0.0769. The number of nitrogens with one attached hydrogen (secondary N) is 1. The van der Waals surface area contributed by atoms with Crippen LogP contribution in [0.1, 0.15) is 10.4 Å². The smallest absolute Gasteiger partial charge is 0.257 e. The highest BCUT2D eigenvalue weighted by atomic mass is 35.5. The predicted molar refractivity (Wildman–Crippen MR) is 74.6 cm³/mol. The van der Waals surface area contributed by atoms with E-state index in [1.165, 1.54) is 19.4 Å². The van der Waals surface area contributed by atoms with Gasteiger partial charge >= 0.3 is 0 Å². The Morgan fingerprint density at radius 1 is 1.37 bits per heavy atom. The number of nitrogens with two attached hydrogens (primary N) is 1. The molecule has 0 bridgehead atoms. The number of hydrogen-bond donors (Lipinski definition) is 2. The third-order valence-corrected chi connectivity index (χ3v) is 2.77. The standard InChI is InChI=1S/C13H12ClN3O2/c1-19-12-5-3-9(7-16-12)17-13(18)10-6-8(15)2-4-11(10)14/h2-7H,15H2,1H3,(H,17,18). The molecule has 98 valence electrons. The number of carbonyl (C=O) groups excluding carboxylic acids is 1. The van der Waals surface area contributed by atoms with Gasteiger partial charge in [-0.25, -0.2) is 4.98 Å². The minimum atomic E-state index is -0.343. The minimum absolute atomic E-state index is 0.317. The van der Waals surface area contributed by atoms with E-state index < -0.39 is 0 Å². The van der Waals surface area contributed by atoms with Crippen molar-refractivity contribution >= 4 is 28.9 Å². The van der Waals surface area contributed by atoms with Gasteiger partial charge in [0.1, 0.15) is 0 Å². The highest BCUT2D eigenvalue weighted by molar-refractivity contribution is 6.34. The number of ether oxygens (including phenoxy) is 1. The third-order valence-electron chi connectivity index (χ3n) is 2.44. The summed E-state index contributed by atoms with van der Waals surface area (Å²) in [5, 5.41) is 3.02. The minimum Gasteiger partial charge on any atom is -0.481 e. The number of nitrogens with zero attached hydrogens (tertiary/aromatic N) is 1. The molecule has 0 unspecified atom stereocenters. The van der Waals surface area contributed by atoms with E-state index in [0.717, 1.165) is 0 Å². The molecule has 1 amide bonds. The van der Waals surface area contributed by atoms with Gasteiger partial charge in [-0.3, -0.25) is 4.79 Å². The third kappa shape index (κ3) is 3.14. The van der Waals surface area contributed by atoms with E-state index in [1.54, 1.807) is 24.3 Å². The molecule has 2 aromatic rings. The molecule has 5 nitrogen and oxygen atoms in total. The fourth-order valence-corrected chi connectivity index (χ4v) is 1.69. The first-order chi connectivity index (χ1) is 9.10. The molecule has 0 spiro atoms. The van der Waals surface area contributed by atoms with Gasteiger partial charge in [0.25, 0.3) is 5.91 Å². The van der Waals surface area contributed by atoms with Crippen molar-refractivity contribution in [1.29, 1.82) is 0 Å². The number of hydrogen-bond acceptors (Lipinski definition) is 4. The van der Waals surface area contributed by atoms with E-state index in [0.29, 0.717) is 27.8 Å². The number of amides is 1. The van der Waals surface area contributed by atoms with Gasteiger partial charge in [0, 0.05) is 11.8 Å². The number of aromatic nitrogens is 1. The van der Waals surface area contributed by atoms with E-state index in [1.807, 2.05) is 0 Å². The van der Waals surface area contributed by atoms with Crippen molar-refractivity contribution in [2.75, 3.05) is 18.2 Å². The molecular formula is C13H12ClN3O2. The van der Waals surface area contributed by atoms with E-state index in [4.69, 9.17) is 22.1 Å². The summed E-state index contributed by atoms with van der Waals surface area (Å²) in [7, 11) is 1.52. The van der Waals surface area contributed by atoms with Crippen molar-refractivity contribution in [3.63, 3.8) is 0 Å². The van der Waals surface area contributed by atoms with Crippen LogP contribution < -0.4 is 15.8 Å². The number of anilines is 2. The van der Waals surface area contributed by atoms with Crippen LogP contribution >= 0.6 is 11.6 Å². The van der Waals surface area contributed by atoms with E-state index in [-0.39, 0.29) is 5.91 Å². The Hall–Kier alpha value is -2.27. The van der Waals surface area contributed by atoms with Crippen LogP contribution in [0.25, 0.3) is 0 Å². The van der Waals surface area contributed by atoms with Crippen molar-refractivity contribution < 1.29 is 9.53 Å². The molecule has 0 aliphatic carbocycles. The topological polar surface area (TPSA) is 77.2 Å². The predicted octanol–water partition coefficient (Wildman–Crippen LogP) is 2.58. The average Bonchev–Trinajstić information content (AvgIpc) is 2.42. The molecule has 0 radical (unpaired) electrons. The van der Waals surface area contributed by atoms with Gasteiger partial charge in [-0.2, -0.15) is 0 Å². The Balaban J connectivity index is 2.18. The van der Waals surface area contributed by atoms with Gasteiger partial charge in [0.05, 0.1) is 29.6 Å². The lowest BCUT2D eigenvalue weighted by atomic mass is 10.2. The summed E-state index contributed by atoms with van der Waals surface area (Å²) in [6.45, 7) is 0. The maximum Gasteiger partial charge on any atom is 0.257 e. The van der Waals surface area contributed by atoms with Crippen molar-refractivity contribution in [2.45, 2.75) is 0 Å². The van der Waals surface area contributed by atoms with Crippen LogP contribution in [0.5, 0.6) is 5.88 Å². The van der Waals surface area contributed by atoms with Crippen LogP contribution in [0.2, 0.25) is 5.02 Å². The maximum absolute atomic E-state index is 12.0. The van der Waals surface area contributed by atoms with E-state index >= 15 is 0 Å². The molecule has 0 saturated heterocycles. The zero-order chi connectivity index (χ0) is 13.8. The Morgan fingerprint density at radius 3 is 2.79 bits per heavy atom. The average molecular weight is 278 g/mol. The number of rotatable bonds is 3. The Morgan fingerprint density at radius 2 is 2.16 bits per heavy atom. The van der Waals surface area contributed by atoms with Crippen molar-refractivity contribution in [2.24, 2.45) is 0 Å². The Kier molecular flexibility index (Phi) is 3.87. The summed E-state index contributed by atoms with van der Waals surface area (Å²) in [5.41, 5.74) is 6.97. The van der Waals surface area contributed by atoms with E-state index in [9.17, 15) is 4.79 Å². The molecule has 6 heteroatoms. The van der Waals surface area contributed by atoms with Crippen LogP contribution in [0.15, 0.2) is 36.5 Å². The first kappa shape index (κ1) is 13.2. The van der Waals surface area contributed by atoms with Gasteiger partial charge in [0.15, 0.2) is 0 Å². The van der Waals surface area contributed by atoms with Crippen LogP contribution in [0.4, 0.5) is 11.4 Å². The normalized spacial score (nSPS) is 10.0. The molecule has 1 aromatic heterocycles. The van der Waals surface area contributed by atoms with Gasteiger partial charge in [-0.1, -0.05) is 11.6 Å². The maximum atomic E-state index is 12.0. The molecule has 0 fully saturated rings. The highest BCUT2D eigenvalue weighted by Gasteiger charge is 2.11. The molecule has 0 saturated carbocycles. The molecule has 1 heterocycles. The number of nitrogen functional groups attached to an aromatic ring is 1. The lowest BCUT2D eigenvalue weighted by Crippen LogP contribution is -2.13. The second-order valence-corrected chi connectivity index (χ2v) is 4.19. The van der Waals surface area contributed by atoms with Gasteiger partial charge < -0.3 is 15.8 Å². The largest absolute Gasteiger partial charge is 0.481 e. The van der Waals surface area contributed by atoms with Crippen LogP contribution in [-0.4, -0.2) is 18.0 Å². The summed E-state index contributed by atoms with van der Waals surface area (Å²) in [5.74, 6) is 0.129.